The standard InChI is InChI=1S/C17H22N2O2/c1-2-3-7-12-14(19-10-5-4-6-11-19)9-8-13-15(12)17(21)18-16(13)20/h8-9H,2-7,10-11H2,1H3,(H,18,20,21). The minimum atomic E-state index is -0.252. The lowest BCUT2D eigenvalue weighted by atomic mass is 9.95. The van der Waals surface area contributed by atoms with Crippen molar-refractivity contribution < 1.29 is 9.59 Å². The van der Waals surface area contributed by atoms with Gasteiger partial charge < -0.3 is 4.90 Å². The molecule has 0 aliphatic carbocycles. The van der Waals surface area contributed by atoms with Crippen molar-refractivity contribution in [2.75, 3.05) is 18.0 Å². The number of carbonyl (C=O) groups excluding carboxylic acids is 2. The number of benzene rings is 1. The molecule has 21 heavy (non-hydrogen) atoms. The Morgan fingerprint density at radius 1 is 1.10 bits per heavy atom. The van der Waals surface area contributed by atoms with Gasteiger partial charge in [-0.2, -0.15) is 0 Å². The molecule has 0 radical (unpaired) electrons. The number of rotatable bonds is 4. The first-order chi connectivity index (χ1) is 10.2. The molecule has 4 nitrogen and oxygen atoms in total. The van der Waals surface area contributed by atoms with Crippen LogP contribution in [0.1, 0.15) is 65.3 Å². The average Bonchev–Trinajstić information content (AvgIpc) is 2.81. The molecule has 0 saturated carbocycles. The largest absolute Gasteiger partial charge is 0.371 e. The predicted molar refractivity (Wildman–Crippen MR) is 82.9 cm³/mol. The molecule has 112 valence electrons. The molecule has 2 aliphatic rings. The average molecular weight is 286 g/mol. The number of imide groups is 1. The van der Waals surface area contributed by atoms with Crippen LogP contribution >= 0.6 is 0 Å². The van der Waals surface area contributed by atoms with E-state index in [1.54, 1.807) is 0 Å². The molecule has 3 rings (SSSR count). The van der Waals surface area contributed by atoms with E-state index in [4.69, 9.17) is 0 Å². The van der Waals surface area contributed by atoms with Crippen molar-refractivity contribution in [2.45, 2.75) is 45.4 Å². The minimum absolute atomic E-state index is 0.222. The van der Waals surface area contributed by atoms with Crippen LogP contribution in [0.5, 0.6) is 0 Å². The molecular weight excluding hydrogens is 264 g/mol. The lowest BCUT2D eigenvalue weighted by Crippen LogP contribution is -2.30. The topological polar surface area (TPSA) is 49.4 Å². The van der Waals surface area contributed by atoms with Crippen molar-refractivity contribution in [3.05, 3.63) is 28.8 Å². The lowest BCUT2D eigenvalue weighted by molar-refractivity contribution is 0.0879. The number of anilines is 1. The first kappa shape index (κ1) is 14.1. The zero-order chi connectivity index (χ0) is 14.8. The second-order valence-electron chi connectivity index (χ2n) is 5.92. The lowest BCUT2D eigenvalue weighted by Gasteiger charge is -2.31. The molecule has 1 saturated heterocycles. The van der Waals surface area contributed by atoms with Gasteiger partial charge in [0.15, 0.2) is 0 Å². The molecule has 0 spiro atoms. The van der Waals surface area contributed by atoms with Crippen molar-refractivity contribution in [1.82, 2.24) is 5.32 Å². The Morgan fingerprint density at radius 3 is 2.57 bits per heavy atom. The third-order valence-electron chi connectivity index (χ3n) is 4.46. The molecule has 0 atom stereocenters. The van der Waals surface area contributed by atoms with E-state index in [0.717, 1.165) is 43.6 Å². The molecule has 1 aromatic carbocycles. The van der Waals surface area contributed by atoms with Crippen molar-refractivity contribution in [1.29, 1.82) is 0 Å². The summed E-state index contributed by atoms with van der Waals surface area (Å²) in [5, 5.41) is 2.43. The first-order valence-corrected chi connectivity index (χ1v) is 7.99. The second kappa shape index (κ2) is 5.88. The maximum absolute atomic E-state index is 12.1. The number of nitrogens with one attached hydrogen (secondary N) is 1. The van der Waals surface area contributed by atoms with Gasteiger partial charge in [0.25, 0.3) is 11.8 Å². The van der Waals surface area contributed by atoms with Gasteiger partial charge in [0.05, 0.1) is 11.1 Å². The van der Waals surface area contributed by atoms with Crippen LogP contribution in [0.2, 0.25) is 0 Å². The van der Waals surface area contributed by atoms with E-state index in [1.807, 2.05) is 12.1 Å². The zero-order valence-corrected chi connectivity index (χ0v) is 12.6. The number of unbranched alkanes of at least 4 members (excludes halogenated alkanes) is 1. The van der Waals surface area contributed by atoms with Crippen LogP contribution in [-0.4, -0.2) is 24.9 Å². The predicted octanol–water partition coefficient (Wildman–Crippen LogP) is 2.90. The van der Waals surface area contributed by atoms with Crippen LogP contribution in [0, 0.1) is 0 Å². The fourth-order valence-electron chi connectivity index (χ4n) is 3.36. The summed E-state index contributed by atoms with van der Waals surface area (Å²) in [5.74, 6) is -0.474. The van der Waals surface area contributed by atoms with Gasteiger partial charge in [-0.3, -0.25) is 14.9 Å². The maximum atomic E-state index is 12.1. The SMILES string of the molecule is CCCCc1c(N2CCCCC2)ccc2c1C(=O)NC2=O. The van der Waals surface area contributed by atoms with Gasteiger partial charge in [0.1, 0.15) is 0 Å². The highest BCUT2D eigenvalue weighted by Crippen LogP contribution is 2.32. The van der Waals surface area contributed by atoms with Gasteiger partial charge in [-0.15, -0.1) is 0 Å². The van der Waals surface area contributed by atoms with Gasteiger partial charge >= 0.3 is 0 Å². The molecule has 2 aliphatic heterocycles. The van der Waals surface area contributed by atoms with E-state index in [2.05, 4.69) is 17.1 Å². The Kier molecular flexibility index (Phi) is 3.95. The molecule has 4 heteroatoms. The second-order valence-corrected chi connectivity index (χ2v) is 5.92. The molecule has 1 fully saturated rings. The number of hydrogen-bond donors (Lipinski definition) is 1. The highest BCUT2D eigenvalue weighted by molar-refractivity contribution is 6.22. The van der Waals surface area contributed by atoms with Crippen molar-refractivity contribution >= 4 is 17.5 Å². The van der Waals surface area contributed by atoms with Crippen LogP contribution in [-0.2, 0) is 6.42 Å². The summed E-state index contributed by atoms with van der Waals surface area (Å²) in [5.41, 5.74) is 3.40. The van der Waals surface area contributed by atoms with Crippen LogP contribution in [0.15, 0.2) is 12.1 Å². The highest BCUT2D eigenvalue weighted by atomic mass is 16.2. The van der Waals surface area contributed by atoms with Gasteiger partial charge in [-0.25, -0.2) is 0 Å². The van der Waals surface area contributed by atoms with Gasteiger partial charge in [0.2, 0.25) is 0 Å². The number of carbonyl (C=O) groups is 2. The third kappa shape index (κ3) is 2.55. The summed E-state index contributed by atoms with van der Waals surface area (Å²) in [6, 6.07) is 3.85. The Bertz CT molecular complexity index is 574. The van der Waals surface area contributed by atoms with Crippen LogP contribution < -0.4 is 10.2 Å². The number of piperidine rings is 1. The van der Waals surface area contributed by atoms with Crippen molar-refractivity contribution in [3.63, 3.8) is 0 Å². The summed E-state index contributed by atoms with van der Waals surface area (Å²) in [6.07, 6.45) is 6.68. The zero-order valence-electron chi connectivity index (χ0n) is 12.6. The molecule has 0 aromatic heterocycles. The summed E-state index contributed by atoms with van der Waals surface area (Å²) in [6.45, 7) is 4.25. The third-order valence-corrected chi connectivity index (χ3v) is 4.46. The molecule has 1 N–H and O–H groups in total. The van der Waals surface area contributed by atoms with E-state index in [0.29, 0.717) is 11.1 Å². The fourth-order valence-corrected chi connectivity index (χ4v) is 3.36. The number of nitrogens with zero attached hydrogens (tertiary/aromatic N) is 1. The quantitative estimate of drug-likeness (QED) is 0.866. The van der Waals surface area contributed by atoms with Gasteiger partial charge in [-0.05, 0) is 49.8 Å². The molecule has 2 heterocycles. The van der Waals surface area contributed by atoms with Gasteiger partial charge in [0, 0.05) is 18.8 Å². The van der Waals surface area contributed by atoms with Crippen molar-refractivity contribution in [2.24, 2.45) is 0 Å². The van der Waals surface area contributed by atoms with Crippen LogP contribution in [0.3, 0.4) is 0 Å². The smallest absolute Gasteiger partial charge is 0.259 e. The van der Waals surface area contributed by atoms with E-state index in [-0.39, 0.29) is 11.8 Å². The van der Waals surface area contributed by atoms with E-state index in [1.165, 1.54) is 19.3 Å². The number of fused-ring (bicyclic) bond motifs is 1. The Balaban J connectivity index is 2.05. The molecule has 1 aromatic rings. The van der Waals surface area contributed by atoms with E-state index < -0.39 is 0 Å². The minimum Gasteiger partial charge on any atom is -0.371 e. The van der Waals surface area contributed by atoms with E-state index in [9.17, 15) is 9.59 Å². The monoisotopic (exact) mass is 286 g/mol. The van der Waals surface area contributed by atoms with Crippen molar-refractivity contribution in [3.8, 4) is 0 Å². The number of hydrogen-bond acceptors (Lipinski definition) is 3. The normalized spacial score (nSPS) is 17.9. The Labute approximate surface area is 125 Å². The summed E-state index contributed by atoms with van der Waals surface area (Å²) < 4.78 is 0. The van der Waals surface area contributed by atoms with Crippen LogP contribution in [0.25, 0.3) is 0 Å². The Morgan fingerprint density at radius 2 is 1.86 bits per heavy atom. The highest BCUT2D eigenvalue weighted by Gasteiger charge is 2.31. The summed E-state index contributed by atoms with van der Waals surface area (Å²) >= 11 is 0. The molecule has 0 unspecified atom stereocenters. The maximum Gasteiger partial charge on any atom is 0.259 e. The van der Waals surface area contributed by atoms with Gasteiger partial charge in [-0.1, -0.05) is 13.3 Å². The van der Waals surface area contributed by atoms with E-state index >= 15 is 0 Å². The number of amides is 2. The summed E-state index contributed by atoms with van der Waals surface area (Å²) in [7, 11) is 0. The van der Waals surface area contributed by atoms with Crippen LogP contribution in [0.4, 0.5) is 5.69 Å². The first-order valence-electron chi connectivity index (χ1n) is 7.99. The summed E-state index contributed by atoms with van der Waals surface area (Å²) in [4.78, 5) is 26.4. The fraction of sp³-hybridized carbons (Fsp3) is 0.529. The molecule has 2 amide bonds. The Hall–Kier alpha value is -1.84. The molecular formula is C17H22N2O2. The molecule has 0 bridgehead atoms.